The maximum Gasteiger partial charge on any atom is 0.102 e. The molecule has 1 N–H and O–H groups in total. The van der Waals surface area contributed by atoms with E-state index in [4.69, 9.17) is 5.11 Å². The molecule has 4 heteroatoms. The van der Waals surface area contributed by atoms with Crippen LogP contribution in [0.1, 0.15) is 52.1 Å². The summed E-state index contributed by atoms with van der Waals surface area (Å²) in [6, 6.07) is 4.72. The first-order valence-electron chi connectivity index (χ1n) is 9.20. The standard InChI is InChI=1S/C11H14N2.C8H17NO.C2H6/c1-2-13-8-4-6-11(13)10-5-3-7-12-9-10;1-6(2)8(7(3)10)9(4)5;1-2/h2-3,5,7,9,11H,1,4,6,8H2;6,8,10H,3H2,1-2,4-5H3;1-2H3. The van der Waals surface area contributed by atoms with Crippen molar-refractivity contribution >= 4 is 0 Å². The molecule has 1 aliphatic heterocycles. The van der Waals surface area contributed by atoms with Gasteiger partial charge in [-0.1, -0.05) is 46.9 Å². The Morgan fingerprint density at radius 1 is 1.40 bits per heavy atom. The third-order valence-electron chi connectivity index (χ3n) is 4.13. The van der Waals surface area contributed by atoms with Crippen molar-refractivity contribution in [1.82, 2.24) is 14.8 Å². The molecule has 0 saturated carbocycles. The zero-order chi connectivity index (χ0) is 19.4. The fourth-order valence-electron chi connectivity index (χ4n) is 3.22. The molecule has 0 bridgehead atoms. The summed E-state index contributed by atoms with van der Waals surface area (Å²) in [5.74, 6) is 0.660. The first-order valence-corrected chi connectivity index (χ1v) is 9.20. The predicted molar refractivity (Wildman–Crippen MR) is 109 cm³/mol. The lowest BCUT2D eigenvalue weighted by Crippen LogP contribution is -2.34. The zero-order valence-electron chi connectivity index (χ0n) is 16.9. The van der Waals surface area contributed by atoms with Gasteiger partial charge in [0, 0.05) is 18.9 Å². The molecule has 0 spiro atoms. The SMILES string of the molecule is C=C(O)C(C(C)C)N(C)C.C=CN1CCCC1c1cccnc1.CC. The topological polar surface area (TPSA) is 39.6 Å². The quantitative estimate of drug-likeness (QED) is 0.758. The van der Waals surface area contributed by atoms with Crippen molar-refractivity contribution in [3.63, 3.8) is 0 Å². The van der Waals surface area contributed by atoms with Gasteiger partial charge in [-0.05, 0) is 50.7 Å². The first-order chi connectivity index (χ1) is 11.9. The third-order valence-corrected chi connectivity index (χ3v) is 4.13. The average molecular weight is 348 g/mol. The second-order valence-electron chi connectivity index (χ2n) is 6.51. The van der Waals surface area contributed by atoms with Crippen LogP contribution in [0.15, 0.2) is 49.6 Å². The molecule has 4 nitrogen and oxygen atoms in total. The Bertz CT molecular complexity index is 477. The first kappa shape index (κ1) is 23.2. The summed E-state index contributed by atoms with van der Waals surface area (Å²) in [6.07, 6.45) is 8.18. The highest BCUT2D eigenvalue weighted by Crippen LogP contribution is 2.30. The summed E-state index contributed by atoms with van der Waals surface area (Å²) in [4.78, 5) is 8.39. The molecular weight excluding hydrogens is 310 g/mol. The van der Waals surface area contributed by atoms with Crippen molar-refractivity contribution < 1.29 is 5.11 Å². The molecule has 2 heterocycles. The molecule has 1 aromatic heterocycles. The van der Waals surface area contributed by atoms with E-state index in [2.05, 4.69) is 43.0 Å². The maximum atomic E-state index is 9.12. The van der Waals surface area contributed by atoms with E-state index in [1.807, 2.05) is 57.5 Å². The van der Waals surface area contributed by atoms with Gasteiger partial charge in [0.05, 0.1) is 12.1 Å². The Labute approximate surface area is 154 Å². The van der Waals surface area contributed by atoms with Gasteiger partial charge >= 0.3 is 0 Å². The minimum atomic E-state index is 0.0833. The number of nitrogens with zero attached hydrogens (tertiary/aromatic N) is 3. The van der Waals surface area contributed by atoms with E-state index >= 15 is 0 Å². The summed E-state index contributed by atoms with van der Waals surface area (Å²) >= 11 is 0. The van der Waals surface area contributed by atoms with Gasteiger partial charge in [0.15, 0.2) is 0 Å². The van der Waals surface area contributed by atoms with Gasteiger partial charge in [0.2, 0.25) is 0 Å². The molecule has 1 fully saturated rings. The molecule has 0 aromatic carbocycles. The summed E-state index contributed by atoms with van der Waals surface area (Å²) in [7, 11) is 3.87. The number of pyridine rings is 1. The average Bonchev–Trinajstić information content (AvgIpc) is 3.05. The number of rotatable bonds is 5. The van der Waals surface area contributed by atoms with Gasteiger partial charge in [-0.2, -0.15) is 0 Å². The largest absolute Gasteiger partial charge is 0.511 e. The zero-order valence-corrected chi connectivity index (χ0v) is 16.9. The molecule has 2 atom stereocenters. The van der Waals surface area contributed by atoms with Crippen molar-refractivity contribution in [1.29, 1.82) is 0 Å². The van der Waals surface area contributed by atoms with Crippen LogP contribution >= 0.6 is 0 Å². The Balaban J connectivity index is 0.000000434. The summed E-state index contributed by atoms with van der Waals surface area (Å²) in [5.41, 5.74) is 1.31. The number of likely N-dealkylation sites (tertiary alicyclic amines) is 1. The lowest BCUT2D eigenvalue weighted by Gasteiger charge is -2.26. The van der Waals surface area contributed by atoms with Gasteiger partial charge < -0.3 is 10.0 Å². The van der Waals surface area contributed by atoms with Crippen molar-refractivity contribution in [2.75, 3.05) is 20.6 Å². The molecule has 1 saturated heterocycles. The van der Waals surface area contributed by atoms with Gasteiger partial charge in [0.1, 0.15) is 5.76 Å². The molecule has 1 aromatic rings. The van der Waals surface area contributed by atoms with Crippen LogP contribution in [0.2, 0.25) is 0 Å². The van der Waals surface area contributed by atoms with E-state index in [-0.39, 0.29) is 11.8 Å². The van der Waals surface area contributed by atoms with Crippen LogP contribution in [-0.4, -0.2) is 46.6 Å². The highest BCUT2D eigenvalue weighted by Gasteiger charge is 2.22. The van der Waals surface area contributed by atoms with Crippen molar-refractivity contribution in [2.45, 2.75) is 52.6 Å². The van der Waals surface area contributed by atoms with Gasteiger partial charge in [-0.15, -0.1) is 0 Å². The number of hydrogen-bond acceptors (Lipinski definition) is 4. The Morgan fingerprint density at radius 2 is 2.04 bits per heavy atom. The Morgan fingerprint density at radius 3 is 2.40 bits per heavy atom. The molecule has 1 aliphatic rings. The van der Waals surface area contributed by atoms with Crippen LogP contribution in [0.4, 0.5) is 0 Å². The van der Waals surface area contributed by atoms with Crippen molar-refractivity contribution in [3.05, 3.63) is 55.2 Å². The summed E-state index contributed by atoms with van der Waals surface area (Å²) in [5, 5.41) is 9.12. The van der Waals surface area contributed by atoms with Crippen molar-refractivity contribution in [2.24, 2.45) is 5.92 Å². The lowest BCUT2D eigenvalue weighted by molar-refractivity contribution is 0.199. The lowest BCUT2D eigenvalue weighted by atomic mass is 10.0. The van der Waals surface area contributed by atoms with E-state index in [1.54, 1.807) is 0 Å². The smallest absolute Gasteiger partial charge is 0.102 e. The number of hydrogen-bond donors (Lipinski definition) is 1. The second-order valence-corrected chi connectivity index (χ2v) is 6.51. The van der Waals surface area contributed by atoms with Crippen LogP contribution in [0.25, 0.3) is 0 Å². The fraction of sp³-hybridized carbons (Fsp3) is 0.571. The molecule has 0 aliphatic carbocycles. The van der Waals surface area contributed by atoms with E-state index in [0.29, 0.717) is 12.0 Å². The number of aromatic nitrogens is 1. The molecule has 142 valence electrons. The molecule has 0 amide bonds. The Hall–Kier alpha value is -1.81. The van der Waals surface area contributed by atoms with Crippen LogP contribution in [0.3, 0.4) is 0 Å². The maximum absolute atomic E-state index is 9.12. The number of aliphatic hydroxyl groups is 1. The van der Waals surface area contributed by atoms with Gasteiger partial charge in [-0.25, -0.2) is 0 Å². The minimum absolute atomic E-state index is 0.0833. The van der Waals surface area contributed by atoms with Gasteiger partial charge in [0.25, 0.3) is 0 Å². The molecule has 0 radical (unpaired) electrons. The van der Waals surface area contributed by atoms with Crippen LogP contribution in [0.5, 0.6) is 0 Å². The Kier molecular flexibility index (Phi) is 11.6. The number of aliphatic hydroxyl groups excluding tert-OH is 1. The minimum Gasteiger partial charge on any atom is -0.511 e. The number of likely N-dealkylation sites (N-methyl/N-ethyl adjacent to an activating group) is 1. The monoisotopic (exact) mass is 347 g/mol. The summed E-state index contributed by atoms with van der Waals surface area (Å²) < 4.78 is 0. The highest BCUT2D eigenvalue weighted by atomic mass is 16.3. The van der Waals surface area contributed by atoms with E-state index in [9.17, 15) is 0 Å². The van der Waals surface area contributed by atoms with Crippen molar-refractivity contribution in [3.8, 4) is 0 Å². The van der Waals surface area contributed by atoms with Crippen LogP contribution in [0, 0.1) is 5.92 Å². The normalized spacial score (nSPS) is 17.3. The highest BCUT2D eigenvalue weighted by molar-refractivity contribution is 5.16. The van der Waals surface area contributed by atoms with Crippen LogP contribution in [-0.2, 0) is 0 Å². The van der Waals surface area contributed by atoms with Crippen LogP contribution < -0.4 is 0 Å². The van der Waals surface area contributed by atoms with E-state index in [1.165, 1.54) is 18.4 Å². The molecule has 2 unspecified atom stereocenters. The van der Waals surface area contributed by atoms with E-state index in [0.717, 1.165) is 6.54 Å². The molecule has 25 heavy (non-hydrogen) atoms. The second kappa shape index (κ2) is 12.5. The molecular formula is C21H37N3O. The summed E-state index contributed by atoms with van der Waals surface area (Å²) in [6.45, 7) is 16.6. The third kappa shape index (κ3) is 7.74. The van der Waals surface area contributed by atoms with Gasteiger partial charge in [-0.3, -0.25) is 9.88 Å². The van der Waals surface area contributed by atoms with E-state index < -0.39 is 0 Å². The molecule has 2 rings (SSSR count). The predicted octanol–water partition coefficient (Wildman–Crippen LogP) is 5.03. The fourth-order valence-corrected chi connectivity index (χ4v) is 3.22.